The van der Waals surface area contributed by atoms with Crippen LogP contribution < -0.4 is 19.7 Å². The second kappa shape index (κ2) is 12.9. The average Bonchev–Trinajstić information content (AvgIpc) is 3.34. The van der Waals surface area contributed by atoms with Crippen molar-refractivity contribution in [3.63, 3.8) is 0 Å². The lowest BCUT2D eigenvalue weighted by atomic mass is 9.99. The highest BCUT2D eigenvalue weighted by atomic mass is 32.2. The molecule has 1 aromatic heterocycles. The molecule has 0 unspecified atom stereocenters. The van der Waals surface area contributed by atoms with Gasteiger partial charge in [0.25, 0.3) is 0 Å². The summed E-state index contributed by atoms with van der Waals surface area (Å²) in [6.45, 7) is 0.555. The fraction of sp³-hybridized carbons (Fsp3) is 0.258. The number of rotatable bonds is 10. The molecule has 0 bridgehead atoms. The lowest BCUT2D eigenvalue weighted by Gasteiger charge is -2.23. The van der Waals surface area contributed by atoms with E-state index in [-0.39, 0.29) is 29.4 Å². The van der Waals surface area contributed by atoms with Gasteiger partial charge in [-0.15, -0.1) is 11.8 Å². The van der Waals surface area contributed by atoms with Crippen LogP contribution in [0.25, 0.3) is 16.9 Å². The summed E-state index contributed by atoms with van der Waals surface area (Å²) in [7, 11) is 4.83. The molecule has 2 heterocycles. The Morgan fingerprint density at radius 1 is 0.976 bits per heavy atom. The zero-order valence-electron chi connectivity index (χ0n) is 23.2. The third kappa shape index (κ3) is 5.94. The van der Waals surface area contributed by atoms with Crippen molar-refractivity contribution >= 4 is 29.4 Å². The van der Waals surface area contributed by atoms with E-state index in [9.17, 15) is 9.59 Å². The molecule has 10 heteroatoms. The first-order chi connectivity index (χ1) is 20.0. The van der Waals surface area contributed by atoms with Gasteiger partial charge in [-0.05, 0) is 30.3 Å². The number of nitrogens with one attached hydrogen (secondary N) is 1. The lowest BCUT2D eigenvalue weighted by Crippen LogP contribution is -2.43. The molecule has 0 spiro atoms. The molecule has 9 nitrogen and oxygen atoms in total. The second-order valence-corrected chi connectivity index (χ2v) is 10.4. The minimum atomic E-state index is -0.297. The summed E-state index contributed by atoms with van der Waals surface area (Å²) in [5.74, 6) is 1.64. The monoisotopic (exact) mass is 572 g/mol. The van der Waals surface area contributed by atoms with E-state index in [0.717, 1.165) is 28.1 Å². The van der Waals surface area contributed by atoms with Gasteiger partial charge in [0.1, 0.15) is 23.9 Å². The Morgan fingerprint density at radius 2 is 1.71 bits per heavy atom. The predicted molar refractivity (Wildman–Crippen MR) is 160 cm³/mol. The average molecular weight is 573 g/mol. The molecule has 41 heavy (non-hydrogen) atoms. The van der Waals surface area contributed by atoms with Crippen LogP contribution in [0.1, 0.15) is 16.4 Å². The van der Waals surface area contributed by atoms with E-state index in [1.165, 1.54) is 11.8 Å². The molecule has 0 fully saturated rings. The van der Waals surface area contributed by atoms with Gasteiger partial charge < -0.3 is 19.5 Å². The topological polar surface area (TPSA) is 94.9 Å². The van der Waals surface area contributed by atoms with Crippen LogP contribution in [-0.2, 0) is 14.3 Å². The Labute approximate surface area is 243 Å². The third-order valence-corrected chi connectivity index (χ3v) is 8.04. The van der Waals surface area contributed by atoms with Crippen LogP contribution in [0.15, 0.2) is 78.9 Å². The van der Waals surface area contributed by atoms with E-state index in [4.69, 9.17) is 19.3 Å². The van der Waals surface area contributed by atoms with Crippen LogP contribution in [0.5, 0.6) is 11.5 Å². The molecule has 1 N–H and O–H groups in total. The van der Waals surface area contributed by atoms with E-state index < -0.39 is 0 Å². The predicted octanol–water partition coefficient (Wildman–Crippen LogP) is 4.49. The zero-order chi connectivity index (χ0) is 28.8. The molecule has 1 aliphatic heterocycles. The fourth-order valence-electron chi connectivity index (χ4n) is 4.85. The van der Waals surface area contributed by atoms with Gasteiger partial charge in [0, 0.05) is 30.3 Å². The largest absolute Gasteiger partial charge is 0.497 e. The number of amides is 2. The van der Waals surface area contributed by atoms with Crippen molar-refractivity contribution in [3.8, 4) is 28.4 Å². The number of nitrogens with zero attached hydrogens (tertiary/aromatic N) is 3. The molecule has 0 saturated heterocycles. The molecular weight excluding hydrogens is 540 g/mol. The van der Waals surface area contributed by atoms with Crippen molar-refractivity contribution in [2.75, 3.05) is 51.7 Å². The Hall–Kier alpha value is -4.28. The Bertz CT molecular complexity index is 1510. The number of fused-ring (bicyclic) bond motifs is 1. The number of anilines is 1. The van der Waals surface area contributed by atoms with E-state index >= 15 is 0 Å². The molecule has 1 aliphatic rings. The summed E-state index contributed by atoms with van der Waals surface area (Å²) in [6, 6.07) is 25.1. The fourth-order valence-corrected chi connectivity index (χ4v) is 6.08. The highest BCUT2D eigenvalue weighted by Crippen LogP contribution is 2.50. The number of carbonyl (C=O) groups excluding carboxylic acids is 2. The molecule has 5 rings (SSSR count). The number of para-hydroxylation sites is 1. The summed E-state index contributed by atoms with van der Waals surface area (Å²) >= 11 is 1.50. The van der Waals surface area contributed by atoms with Crippen LogP contribution in [0, 0.1) is 0 Å². The number of ether oxygens (including phenoxy) is 3. The summed E-state index contributed by atoms with van der Waals surface area (Å²) < 4.78 is 18.0. The number of hydrogen-bond donors (Lipinski definition) is 1. The summed E-state index contributed by atoms with van der Waals surface area (Å²) in [6.07, 6.45) is 0. The molecule has 1 atom stereocenters. The van der Waals surface area contributed by atoms with Crippen molar-refractivity contribution in [1.29, 1.82) is 0 Å². The maximum atomic E-state index is 13.8. The summed E-state index contributed by atoms with van der Waals surface area (Å²) in [5.41, 5.74) is 4.10. The SMILES string of the molecule is COCCNC(=O)CN1C(=O)CS[C@@H](c2ccccc2OC)c2c(-c3ccccc3)nn(-c3ccc(OC)cc3)c21. The number of benzene rings is 3. The van der Waals surface area contributed by atoms with Crippen molar-refractivity contribution in [1.82, 2.24) is 15.1 Å². The van der Waals surface area contributed by atoms with Crippen LogP contribution >= 0.6 is 11.8 Å². The van der Waals surface area contributed by atoms with Crippen molar-refractivity contribution in [3.05, 3.63) is 90.0 Å². The minimum Gasteiger partial charge on any atom is -0.497 e. The number of carbonyl (C=O) groups is 2. The number of hydrogen-bond acceptors (Lipinski definition) is 7. The maximum absolute atomic E-state index is 13.8. The maximum Gasteiger partial charge on any atom is 0.240 e. The smallest absolute Gasteiger partial charge is 0.240 e. The lowest BCUT2D eigenvalue weighted by molar-refractivity contribution is -0.123. The summed E-state index contributed by atoms with van der Waals surface area (Å²) in [5, 5.41) is 7.65. The molecular formula is C31H32N4O5S. The molecule has 4 aromatic rings. The van der Waals surface area contributed by atoms with Gasteiger partial charge in [0.15, 0.2) is 0 Å². The number of aromatic nitrogens is 2. The van der Waals surface area contributed by atoms with Gasteiger partial charge in [-0.25, -0.2) is 4.68 Å². The Morgan fingerprint density at radius 3 is 2.41 bits per heavy atom. The third-order valence-electron chi connectivity index (χ3n) is 6.80. The van der Waals surface area contributed by atoms with Gasteiger partial charge in [-0.3, -0.25) is 14.5 Å². The van der Waals surface area contributed by atoms with Crippen molar-refractivity contribution in [2.24, 2.45) is 0 Å². The van der Waals surface area contributed by atoms with Crippen LogP contribution in [0.4, 0.5) is 5.82 Å². The first-order valence-electron chi connectivity index (χ1n) is 13.2. The van der Waals surface area contributed by atoms with Gasteiger partial charge in [-0.2, -0.15) is 5.10 Å². The molecule has 212 valence electrons. The van der Waals surface area contributed by atoms with Gasteiger partial charge in [-0.1, -0.05) is 48.5 Å². The van der Waals surface area contributed by atoms with Gasteiger partial charge >= 0.3 is 0 Å². The standard InChI is InChI=1S/C31H32N4O5S/c1-38-18-17-32-26(36)19-34-27(37)20-41-30(24-11-7-8-12-25(24)40-3)28-29(21-9-5-4-6-10-21)33-35(31(28)34)22-13-15-23(39-2)16-14-22/h4-16,30H,17-20H2,1-3H3,(H,32,36)/t30-/m0/s1. The van der Waals surface area contributed by atoms with Crippen molar-refractivity contribution in [2.45, 2.75) is 5.25 Å². The highest BCUT2D eigenvalue weighted by molar-refractivity contribution is 8.00. The Kier molecular flexibility index (Phi) is 8.91. The molecule has 0 aliphatic carbocycles. The zero-order valence-corrected chi connectivity index (χ0v) is 24.0. The van der Waals surface area contributed by atoms with Crippen LogP contribution in [0.3, 0.4) is 0 Å². The van der Waals surface area contributed by atoms with Crippen molar-refractivity contribution < 1.29 is 23.8 Å². The van der Waals surface area contributed by atoms with Crippen LogP contribution in [-0.4, -0.2) is 68.4 Å². The Balaban J connectivity index is 1.76. The first kappa shape index (κ1) is 28.3. The summed E-state index contributed by atoms with van der Waals surface area (Å²) in [4.78, 5) is 28.4. The number of methoxy groups -OCH3 is 3. The van der Waals surface area contributed by atoms with Gasteiger partial charge in [0.2, 0.25) is 11.8 Å². The van der Waals surface area contributed by atoms with Crippen LogP contribution in [0.2, 0.25) is 0 Å². The normalized spacial score (nSPS) is 14.8. The van der Waals surface area contributed by atoms with E-state index in [0.29, 0.717) is 30.5 Å². The minimum absolute atomic E-state index is 0.162. The van der Waals surface area contributed by atoms with E-state index in [1.807, 2.05) is 78.9 Å². The van der Waals surface area contributed by atoms with E-state index in [1.54, 1.807) is 30.9 Å². The quantitative estimate of drug-likeness (QED) is 0.280. The molecule has 3 aromatic carbocycles. The molecule has 2 amide bonds. The number of thioether (sulfide) groups is 1. The van der Waals surface area contributed by atoms with E-state index in [2.05, 4.69) is 5.32 Å². The second-order valence-electron chi connectivity index (χ2n) is 9.32. The molecule has 0 radical (unpaired) electrons. The van der Waals surface area contributed by atoms with Gasteiger partial charge in [0.05, 0.1) is 43.2 Å². The highest BCUT2D eigenvalue weighted by Gasteiger charge is 2.38. The first-order valence-corrected chi connectivity index (χ1v) is 14.2. The molecule has 0 saturated carbocycles.